The Bertz CT molecular complexity index is 787. The van der Waals surface area contributed by atoms with Crippen molar-refractivity contribution in [2.24, 2.45) is 0 Å². The molecule has 7 nitrogen and oxygen atoms in total. The van der Waals surface area contributed by atoms with Crippen molar-refractivity contribution in [1.29, 1.82) is 0 Å². The second-order valence-electron chi connectivity index (χ2n) is 6.73. The second kappa shape index (κ2) is 8.93. The first-order chi connectivity index (χ1) is 13.6. The van der Waals surface area contributed by atoms with Gasteiger partial charge in [0.15, 0.2) is 11.5 Å². The number of carbonyl (C=O) groups is 1. The summed E-state index contributed by atoms with van der Waals surface area (Å²) >= 11 is 0. The molecular weight excluding hydrogens is 360 g/mol. The largest absolute Gasteiger partial charge is 0.493 e. The molecule has 1 aromatic carbocycles. The third kappa shape index (κ3) is 4.04. The van der Waals surface area contributed by atoms with Crippen LogP contribution in [0.25, 0.3) is 0 Å². The van der Waals surface area contributed by atoms with Crippen LogP contribution in [0.3, 0.4) is 0 Å². The maximum atomic E-state index is 11.8. The molecule has 1 saturated heterocycles. The number of benzene rings is 1. The molecule has 0 aliphatic carbocycles. The first-order valence-corrected chi connectivity index (χ1v) is 9.27. The Labute approximate surface area is 164 Å². The van der Waals surface area contributed by atoms with E-state index < -0.39 is 12.0 Å². The number of carboxylic acid groups (broad SMARTS) is 1. The van der Waals surface area contributed by atoms with E-state index in [0.29, 0.717) is 36.6 Å². The number of likely N-dealkylation sites (tertiary alicyclic amines) is 1. The summed E-state index contributed by atoms with van der Waals surface area (Å²) in [4.78, 5) is 18.3. The van der Waals surface area contributed by atoms with Gasteiger partial charge in [-0.25, -0.2) is 0 Å². The Morgan fingerprint density at radius 1 is 1.21 bits per heavy atom. The number of hydrogen-bond acceptors (Lipinski definition) is 6. The molecule has 0 spiro atoms. The molecule has 1 N–H and O–H groups in total. The summed E-state index contributed by atoms with van der Waals surface area (Å²) in [5.74, 6) is 0.820. The number of rotatable bonds is 8. The molecule has 7 heteroatoms. The van der Waals surface area contributed by atoms with Crippen molar-refractivity contribution in [2.45, 2.75) is 31.3 Å². The van der Waals surface area contributed by atoms with Crippen molar-refractivity contribution in [3.63, 3.8) is 0 Å². The van der Waals surface area contributed by atoms with Crippen LogP contribution in [0.4, 0.5) is 0 Å². The van der Waals surface area contributed by atoms with E-state index in [1.54, 1.807) is 27.5 Å². The Balaban J connectivity index is 2.07. The molecule has 28 heavy (non-hydrogen) atoms. The van der Waals surface area contributed by atoms with Crippen LogP contribution in [-0.2, 0) is 11.2 Å². The fraction of sp³-hybridized carbons (Fsp3) is 0.429. The summed E-state index contributed by atoms with van der Waals surface area (Å²) in [5, 5.41) is 9.70. The lowest BCUT2D eigenvalue weighted by Gasteiger charge is -2.32. The van der Waals surface area contributed by atoms with Crippen LogP contribution >= 0.6 is 0 Å². The second-order valence-corrected chi connectivity index (χ2v) is 6.73. The molecule has 2 atom stereocenters. The van der Waals surface area contributed by atoms with E-state index in [1.807, 2.05) is 35.2 Å². The summed E-state index contributed by atoms with van der Waals surface area (Å²) < 4.78 is 16.4. The van der Waals surface area contributed by atoms with E-state index in [2.05, 4.69) is 4.98 Å². The number of aromatic nitrogens is 1. The van der Waals surface area contributed by atoms with E-state index in [1.165, 1.54) is 0 Å². The third-order valence-electron chi connectivity index (χ3n) is 5.18. The lowest BCUT2D eigenvalue weighted by molar-refractivity contribution is -0.143. The fourth-order valence-electron chi connectivity index (χ4n) is 3.86. The molecule has 3 rings (SSSR count). The minimum atomic E-state index is -0.795. The number of methoxy groups -OCH3 is 3. The van der Waals surface area contributed by atoms with Crippen molar-refractivity contribution in [3.05, 3.63) is 47.8 Å². The molecule has 2 aromatic rings. The zero-order valence-corrected chi connectivity index (χ0v) is 16.4. The lowest BCUT2D eigenvalue weighted by Crippen LogP contribution is -2.39. The van der Waals surface area contributed by atoms with Crippen molar-refractivity contribution in [1.82, 2.24) is 9.88 Å². The molecule has 0 bridgehead atoms. The predicted molar refractivity (Wildman–Crippen MR) is 104 cm³/mol. The van der Waals surface area contributed by atoms with E-state index in [9.17, 15) is 9.90 Å². The fourth-order valence-corrected chi connectivity index (χ4v) is 3.86. The first-order valence-electron chi connectivity index (χ1n) is 9.27. The van der Waals surface area contributed by atoms with Crippen LogP contribution in [0.1, 0.15) is 30.1 Å². The van der Waals surface area contributed by atoms with Crippen molar-refractivity contribution in [2.75, 3.05) is 27.9 Å². The van der Waals surface area contributed by atoms with Gasteiger partial charge in [-0.3, -0.25) is 14.7 Å². The standard InChI is InChI=1S/C21H26N2O5/c1-26-18-11-14(12-19(27-2)20(18)28-3)17(13-15-7-4-5-9-22-15)23-10-6-8-16(23)21(24)25/h4-5,7,9,11-12,16-17H,6,8,10,13H2,1-3H3,(H,24,25). The molecule has 2 unspecified atom stereocenters. The van der Waals surface area contributed by atoms with Gasteiger partial charge in [0, 0.05) is 24.4 Å². The predicted octanol–water partition coefficient (Wildman–Crippen LogP) is 2.94. The van der Waals surface area contributed by atoms with Crippen LogP contribution in [0.15, 0.2) is 36.5 Å². The average molecular weight is 386 g/mol. The number of pyridine rings is 1. The molecular formula is C21H26N2O5. The van der Waals surface area contributed by atoms with Crippen LogP contribution in [0.5, 0.6) is 17.2 Å². The number of carboxylic acids is 1. The summed E-state index contributed by atoms with van der Waals surface area (Å²) in [6, 6.07) is 8.86. The summed E-state index contributed by atoms with van der Waals surface area (Å²) in [6.45, 7) is 0.713. The number of aliphatic carboxylic acids is 1. The summed E-state index contributed by atoms with van der Waals surface area (Å²) in [5.41, 5.74) is 1.81. The highest BCUT2D eigenvalue weighted by Gasteiger charge is 2.37. The highest BCUT2D eigenvalue weighted by Crippen LogP contribution is 2.42. The lowest BCUT2D eigenvalue weighted by atomic mass is 9.98. The molecule has 0 saturated carbocycles. The Morgan fingerprint density at radius 3 is 2.46 bits per heavy atom. The highest BCUT2D eigenvalue weighted by atomic mass is 16.5. The summed E-state index contributed by atoms with van der Waals surface area (Å²) in [7, 11) is 4.71. The Hall–Kier alpha value is -2.80. The van der Waals surface area contributed by atoms with Gasteiger partial charge in [0.05, 0.1) is 21.3 Å². The highest BCUT2D eigenvalue weighted by molar-refractivity contribution is 5.74. The Morgan fingerprint density at radius 2 is 1.93 bits per heavy atom. The molecule has 1 aromatic heterocycles. The van der Waals surface area contributed by atoms with E-state index in [0.717, 1.165) is 17.7 Å². The third-order valence-corrected chi connectivity index (χ3v) is 5.18. The molecule has 1 aliphatic heterocycles. The van der Waals surface area contributed by atoms with Gasteiger partial charge in [-0.05, 0) is 49.2 Å². The number of hydrogen-bond donors (Lipinski definition) is 1. The molecule has 150 valence electrons. The number of ether oxygens (including phenoxy) is 3. The van der Waals surface area contributed by atoms with Crippen LogP contribution < -0.4 is 14.2 Å². The van der Waals surface area contributed by atoms with Crippen LogP contribution in [-0.4, -0.2) is 54.9 Å². The monoisotopic (exact) mass is 386 g/mol. The molecule has 0 amide bonds. The van der Waals surface area contributed by atoms with Crippen molar-refractivity contribution in [3.8, 4) is 17.2 Å². The SMILES string of the molecule is COc1cc(C(Cc2ccccn2)N2CCCC2C(=O)O)cc(OC)c1OC. The Kier molecular flexibility index (Phi) is 6.36. The van der Waals surface area contributed by atoms with E-state index >= 15 is 0 Å². The molecule has 1 fully saturated rings. The van der Waals surface area contributed by atoms with Crippen LogP contribution in [0, 0.1) is 0 Å². The van der Waals surface area contributed by atoms with Gasteiger partial charge in [0.25, 0.3) is 0 Å². The zero-order valence-electron chi connectivity index (χ0n) is 16.4. The summed E-state index contributed by atoms with van der Waals surface area (Å²) in [6.07, 6.45) is 3.82. The van der Waals surface area contributed by atoms with Crippen molar-refractivity contribution < 1.29 is 24.1 Å². The maximum Gasteiger partial charge on any atom is 0.320 e. The van der Waals surface area contributed by atoms with Gasteiger partial charge in [0.2, 0.25) is 5.75 Å². The van der Waals surface area contributed by atoms with E-state index in [-0.39, 0.29) is 6.04 Å². The first kappa shape index (κ1) is 19.9. The minimum Gasteiger partial charge on any atom is -0.493 e. The van der Waals surface area contributed by atoms with Gasteiger partial charge in [-0.1, -0.05) is 6.07 Å². The topological polar surface area (TPSA) is 81.1 Å². The minimum absolute atomic E-state index is 0.174. The zero-order chi connectivity index (χ0) is 20.1. The van der Waals surface area contributed by atoms with Gasteiger partial charge >= 0.3 is 5.97 Å². The number of nitrogens with zero attached hydrogens (tertiary/aromatic N) is 2. The van der Waals surface area contributed by atoms with Gasteiger partial charge in [0.1, 0.15) is 6.04 Å². The normalized spacial score (nSPS) is 17.9. The maximum absolute atomic E-state index is 11.8. The van der Waals surface area contributed by atoms with Crippen LogP contribution in [0.2, 0.25) is 0 Å². The average Bonchev–Trinajstić information content (AvgIpc) is 3.21. The molecule has 1 aliphatic rings. The quantitative estimate of drug-likeness (QED) is 0.747. The molecule has 2 heterocycles. The molecule has 0 radical (unpaired) electrons. The smallest absolute Gasteiger partial charge is 0.320 e. The van der Waals surface area contributed by atoms with E-state index in [4.69, 9.17) is 14.2 Å². The van der Waals surface area contributed by atoms with Crippen molar-refractivity contribution >= 4 is 5.97 Å². The van der Waals surface area contributed by atoms with Gasteiger partial charge < -0.3 is 19.3 Å². The van der Waals surface area contributed by atoms with Gasteiger partial charge in [-0.2, -0.15) is 0 Å². The van der Waals surface area contributed by atoms with Gasteiger partial charge in [-0.15, -0.1) is 0 Å².